The van der Waals surface area contributed by atoms with Gasteiger partial charge in [0, 0.05) is 32.7 Å². The van der Waals surface area contributed by atoms with Gasteiger partial charge in [-0.1, -0.05) is 18.6 Å². The molecule has 2 saturated heterocycles. The van der Waals surface area contributed by atoms with Crippen LogP contribution in [0.1, 0.15) is 55.3 Å². The number of carbonyl (C=O) groups is 2. The number of likely N-dealkylation sites (tertiary alicyclic amines) is 1. The Bertz CT molecular complexity index is 829. The van der Waals surface area contributed by atoms with E-state index in [-0.39, 0.29) is 23.1 Å². The maximum absolute atomic E-state index is 13.4. The monoisotopic (exact) mass is 471 g/mol. The molecule has 0 unspecified atom stereocenters. The molecule has 0 aromatic heterocycles. The zero-order valence-electron chi connectivity index (χ0n) is 21.0. The molecule has 1 aromatic rings. The largest absolute Gasteiger partial charge is 0.491 e. The van der Waals surface area contributed by atoms with Gasteiger partial charge in [0.1, 0.15) is 12.4 Å². The van der Waals surface area contributed by atoms with Gasteiger partial charge in [0.2, 0.25) is 5.91 Å². The molecule has 4 heterocycles. The number of piperidine rings is 2. The Hall–Kier alpha value is -2.12. The molecule has 5 rings (SSSR count). The number of para-hydroxylation sites is 1. The van der Waals surface area contributed by atoms with Crippen LogP contribution >= 0.6 is 0 Å². The fourth-order valence-corrected chi connectivity index (χ4v) is 5.81. The van der Waals surface area contributed by atoms with Crippen LogP contribution in [-0.2, 0) is 9.53 Å². The number of fused-ring (bicyclic) bond motifs is 9. The molecule has 0 N–H and O–H groups in total. The van der Waals surface area contributed by atoms with E-state index < -0.39 is 0 Å². The van der Waals surface area contributed by atoms with Gasteiger partial charge in [-0.3, -0.25) is 9.59 Å². The maximum Gasteiger partial charge on any atom is 0.257 e. The van der Waals surface area contributed by atoms with Crippen molar-refractivity contribution in [1.82, 2.24) is 14.7 Å². The van der Waals surface area contributed by atoms with Crippen molar-refractivity contribution in [1.29, 1.82) is 0 Å². The third-order valence-electron chi connectivity index (χ3n) is 8.06. The fraction of sp³-hybridized carbons (Fsp3) is 0.704. The minimum absolute atomic E-state index is 0.0377. The summed E-state index contributed by atoms with van der Waals surface area (Å²) < 4.78 is 11.7. The van der Waals surface area contributed by atoms with Gasteiger partial charge >= 0.3 is 0 Å². The first-order valence-corrected chi connectivity index (χ1v) is 13.0. The van der Waals surface area contributed by atoms with Crippen LogP contribution in [0.2, 0.25) is 0 Å². The van der Waals surface area contributed by atoms with Gasteiger partial charge in [-0.25, -0.2) is 0 Å². The summed E-state index contributed by atoms with van der Waals surface area (Å²) in [5.74, 6) is 1.03. The summed E-state index contributed by atoms with van der Waals surface area (Å²) in [5.41, 5.74) is 0.731. The summed E-state index contributed by atoms with van der Waals surface area (Å²) in [7, 11) is 3.90. The normalized spacial score (nSPS) is 23.1. The van der Waals surface area contributed by atoms with E-state index in [0.29, 0.717) is 24.5 Å². The second-order valence-electron chi connectivity index (χ2n) is 10.4. The number of ether oxygens (including phenoxy) is 2. The Morgan fingerprint density at radius 2 is 1.76 bits per heavy atom. The van der Waals surface area contributed by atoms with Crippen LogP contribution in [0.5, 0.6) is 5.75 Å². The van der Waals surface area contributed by atoms with E-state index in [1.54, 1.807) is 7.11 Å². The molecular formula is C27H41N3O4. The van der Waals surface area contributed by atoms with E-state index in [9.17, 15) is 9.59 Å². The molecule has 2 bridgehead atoms. The first-order valence-electron chi connectivity index (χ1n) is 13.0. The number of carbonyl (C=O) groups excluding carboxylic acids is 2. The predicted molar refractivity (Wildman–Crippen MR) is 132 cm³/mol. The molecule has 4 aliphatic heterocycles. The van der Waals surface area contributed by atoms with Gasteiger partial charge in [-0.05, 0) is 76.2 Å². The Morgan fingerprint density at radius 3 is 2.50 bits per heavy atom. The molecule has 0 aliphatic carbocycles. The third kappa shape index (κ3) is 5.92. The number of nitrogens with zero attached hydrogens (tertiary/aromatic N) is 3. The Morgan fingerprint density at radius 1 is 1.03 bits per heavy atom. The summed E-state index contributed by atoms with van der Waals surface area (Å²) in [6.07, 6.45) is 6.89. The van der Waals surface area contributed by atoms with Crippen molar-refractivity contribution in [2.24, 2.45) is 11.3 Å². The van der Waals surface area contributed by atoms with E-state index >= 15 is 0 Å². The highest BCUT2D eigenvalue weighted by molar-refractivity contribution is 5.97. The van der Waals surface area contributed by atoms with Crippen LogP contribution in [0.3, 0.4) is 0 Å². The van der Waals surface area contributed by atoms with Crippen LogP contribution in [0, 0.1) is 11.3 Å². The van der Waals surface area contributed by atoms with Crippen molar-refractivity contribution in [3.8, 4) is 5.75 Å². The van der Waals surface area contributed by atoms with Gasteiger partial charge in [-0.2, -0.15) is 0 Å². The zero-order chi connectivity index (χ0) is 24.0. The van der Waals surface area contributed by atoms with Crippen molar-refractivity contribution < 1.29 is 19.1 Å². The molecule has 7 nitrogen and oxygen atoms in total. The average Bonchev–Trinajstić information content (AvgIpc) is 2.86. The highest BCUT2D eigenvalue weighted by Crippen LogP contribution is 2.38. The zero-order valence-corrected chi connectivity index (χ0v) is 21.0. The first-order chi connectivity index (χ1) is 16.5. The number of hydrogen-bond acceptors (Lipinski definition) is 5. The number of rotatable bonds is 3. The quantitative estimate of drug-likeness (QED) is 0.677. The molecule has 2 fully saturated rings. The van der Waals surface area contributed by atoms with Crippen molar-refractivity contribution in [3.63, 3.8) is 0 Å². The summed E-state index contributed by atoms with van der Waals surface area (Å²) in [6.45, 7) is 5.90. The van der Waals surface area contributed by atoms with Crippen molar-refractivity contribution in [2.45, 2.75) is 44.9 Å². The Balaban J connectivity index is 1.52. The van der Waals surface area contributed by atoms with E-state index in [0.717, 1.165) is 84.3 Å². The predicted octanol–water partition coefficient (Wildman–Crippen LogP) is 3.29. The highest BCUT2D eigenvalue weighted by atomic mass is 16.5. The van der Waals surface area contributed by atoms with Gasteiger partial charge in [0.15, 0.2) is 0 Å². The number of benzene rings is 1. The van der Waals surface area contributed by atoms with Gasteiger partial charge in [0.25, 0.3) is 5.91 Å². The molecule has 34 heavy (non-hydrogen) atoms. The summed E-state index contributed by atoms with van der Waals surface area (Å²) in [4.78, 5) is 33.0. The van der Waals surface area contributed by atoms with Crippen LogP contribution in [-0.4, -0.2) is 93.2 Å². The molecule has 0 radical (unpaired) electrons. The minimum atomic E-state index is 0.0377. The topological polar surface area (TPSA) is 62.3 Å². The first kappa shape index (κ1) is 25.0. The van der Waals surface area contributed by atoms with E-state index in [4.69, 9.17) is 9.47 Å². The summed E-state index contributed by atoms with van der Waals surface area (Å²) in [6, 6.07) is 7.52. The molecule has 0 spiro atoms. The summed E-state index contributed by atoms with van der Waals surface area (Å²) in [5, 5.41) is 0. The second-order valence-corrected chi connectivity index (χ2v) is 10.4. The van der Waals surface area contributed by atoms with Crippen molar-refractivity contribution in [2.75, 3.05) is 66.6 Å². The van der Waals surface area contributed by atoms with Crippen molar-refractivity contribution in [3.05, 3.63) is 29.8 Å². The lowest BCUT2D eigenvalue weighted by Gasteiger charge is -2.42. The lowest BCUT2D eigenvalue weighted by molar-refractivity contribution is -0.137. The van der Waals surface area contributed by atoms with Crippen LogP contribution in [0.25, 0.3) is 0 Å². The molecule has 4 aliphatic rings. The standard InChI is InChI=1S/C27H41N3O4/c1-28-15-9-22(10-16-28)25(31)29-14-6-5-11-27(21-33-2)12-17-30(18-13-27)26(32)23-7-3-4-8-24(23)34-20-19-29/h3-4,7-8,22H,5-6,9-21H2,1-2H3. The van der Waals surface area contributed by atoms with Crippen LogP contribution < -0.4 is 4.74 Å². The van der Waals surface area contributed by atoms with E-state index in [1.807, 2.05) is 34.1 Å². The summed E-state index contributed by atoms with van der Waals surface area (Å²) >= 11 is 0. The average molecular weight is 472 g/mol. The Labute approximate surface area is 204 Å². The third-order valence-corrected chi connectivity index (χ3v) is 8.06. The Kier molecular flexibility index (Phi) is 8.48. The molecule has 1 aromatic carbocycles. The lowest BCUT2D eigenvalue weighted by Crippen LogP contribution is -2.45. The molecule has 7 heteroatoms. The highest BCUT2D eigenvalue weighted by Gasteiger charge is 2.36. The number of hydrogen-bond donors (Lipinski definition) is 0. The van der Waals surface area contributed by atoms with Crippen LogP contribution in [0.4, 0.5) is 0 Å². The fourth-order valence-electron chi connectivity index (χ4n) is 5.81. The van der Waals surface area contributed by atoms with Crippen LogP contribution in [0.15, 0.2) is 24.3 Å². The molecule has 0 atom stereocenters. The molecule has 0 saturated carbocycles. The van der Waals surface area contributed by atoms with Crippen molar-refractivity contribution >= 4 is 11.8 Å². The SMILES string of the molecule is COCC12CCCCN(C(=O)C3CCN(C)CC3)CCOc3ccccc3C(=O)N(CC1)CC2. The number of methoxy groups -OCH3 is 1. The molecule has 188 valence electrons. The van der Waals surface area contributed by atoms with E-state index in [2.05, 4.69) is 11.9 Å². The minimum Gasteiger partial charge on any atom is -0.491 e. The smallest absolute Gasteiger partial charge is 0.257 e. The second kappa shape index (κ2) is 11.5. The van der Waals surface area contributed by atoms with E-state index in [1.165, 1.54) is 0 Å². The number of amides is 2. The van der Waals surface area contributed by atoms with Gasteiger partial charge in [-0.15, -0.1) is 0 Å². The molecule has 2 amide bonds. The van der Waals surface area contributed by atoms with Gasteiger partial charge < -0.3 is 24.2 Å². The molecular weight excluding hydrogens is 430 g/mol. The lowest BCUT2D eigenvalue weighted by atomic mass is 9.75. The van der Waals surface area contributed by atoms with Gasteiger partial charge in [0.05, 0.1) is 18.7 Å². The maximum atomic E-state index is 13.4.